The standard InChI is InChI=1S/C25H30N4O2/c1-3-31-25(30)23(17-26)24(27-18-21-7-5-4-6-8-21)29-15-13-28(14-16-29)19-22-11-9-20(2)10-12-22/h4-12,27H,3,13-16,18-19H2,1-2H3/b24-23+. The number of benzene rings is 2. The first-order valence-corrected chi connectivity index (χ1v) is 10.7. The number of piperazine rings is 1. The van der Waals surface area contributed by atoms with Gasteiger partial charge < -0.3 is 15.0 Å². The molecule has 0 radical (unpaired) electrons. The number of nitriles is 1. The molecule has 1 aliphatic rings. The minimum atomic E-state index is -0.581. The molecule has 0 spiro atoms. The van der Waals surface area contributed by atoms with E-state index in [0.717, 1.165) is 38.3 Å². The van der Waals surface area contributed by atoms with Gasteiger partial charge in [-0.15, -0.1) is 0 Å². The molecule has 0 amide bonds. The summed E-state index contributed by atoms with van der Waals surface area (Å²) in [7, 11) is 0. The van der Waals surface area contributed by atoms with E-state index in [1.54, 1.807) is 6.92 Å². The predicted octanol–water partition coefficient (Wildman–Crippen LogP) is 3.20. The second kappa shape index (κ2) is 11.2. The number of ether oxygens (including phenoxy) is 1. The third kappa shape index (κ3) is 6.34. The largest absolute Gasteiger partial charge is 0.462 e. The van der Waals surface area contributed by atoms with E-state index >= 15 is 0 Å². The van der Waals surface area contributed by atoms with Crippen molar-refractivity contribution in [3.8, 4) is 6.07 Å². The number of nitrogens with one attached hydrogen (secondary N) is 1. The van der Waals surface area contributed by atoms with E-state index < -0.39 is 5.97 Å². The first-order valence-electron chi connectivity index (χ1n) is 10.7. The van der Waals surface area contributed by atoms with E-state index in [1.165, 1.54) is 11.1 Å². The number of aryl methyl sites for hydroxylation is 1. The molecule has 0 atom stereocenters. The Balaban J connectivity index is 1.71. The number of carbonyl (C=O) groups excluding carboxylic acids is 1. The van der Waals surface area contributed by atoms with Crippen LogP contribution in [-0.2, 0) is 22.6 Å². The maximum Gasteiger partial charge on any atom is 0.352 e. The van der Waals surface area contributed by atoms with Gasteiger partial charge in [0, 0.05) is 39.3 Å². The van der Waals surface area contributed by atoms with Gasteiger partial charge in [0.1, 0.15) is 11.9 Å². The molecular weight excluding hydrogens is 388 g/mol. The average Bonchev–Trinajstić information content (AvgIpc) is 2.79. The van der Waals surface area contributed by atoms with Gasteiger partial charge in [-0.3, -0.25) is 4.90 Å². The van der Waals surface area contributed by atoms with Crippen LogP contribution in [0.4, 0.5) is 0 Å². The lowest BCUT2D eigenvalue weighted by atomic mass is 10.1. The van der Waals surface area contributed by atoms with Crippen LogP contribution < -0.4 is 5.32 Å². The minimum absolute atomic E-state index is 0.0322. The zero-order chi connectivity index (χ0) is 22.1. The van der Waals surface area contributed by atoms with Crippen LogP contribution in [0.25, 0.3) is 0 Å². The summed E-state index contributed by atoms with van der Waals surface area (Å²) in [5.41, 5.74) is 3.67. The predicted molar refractivity (Wildman–Crippen MR) is 121 cm³/mol. The van der Waals surface area contributed by atoms with Crippen molar-refractivity contribution in [2.75, 3.05) is 32.8 Å². The molecule has 3 rings (SSSR count). The number of carbonyl (C=O) groups is 1. The van der Waals surface area contributed by atoms with Crippen molar-refractivity contribution in [2.45, 2.75) is 26.9 Å². The highest BCUT2D eigenvalue weighted by Crippen LogP contribution is 2.16. The second-order valence-corrected chi connectivity index (χ2v) is 7.64. The zero-order valence-electron chi connectivity index (χ0n) is 18.3. The van der Waals surface area contributed by atoms with Gasteiger partial charge in [0.05, 0.1) is 6.61 Å². The van der Waals surface area contributed by atoms with Gasteiger partial charge in [0.15, 0.2) is 5.57 Å². The van der Waals surface area contributed by atoms with Gasteiger partial charge in [0.25, 0.3) is 0 Å². The van der Waals surface area contributed by atoms with Gasteiger partial charge in [0.2, 0.25) is 0 Å². The van der Waals surface area contributed by atoms with Crippen molar-refractivity contribution in [3.05, 3.63) is 82.7 Å². The molecule has 1 saturated heterocycles. The zero-order valence-corrected chi connectivity index (χ0v) is 18.3. The SMILES string of the molecule is CCOC(=O)/C(C#N)=C(\NCc1ccccc1)N1CCN(Cc2ccc(C)cc2)CC1. The van der Waals surface area contributed by atoms with Crippen LogP contribution in [0.2, 0.25) is 0 Å². The van der Waals surface area contributed by atoms with Gasteiger partial charge in [-0.25, -0.2) is 4.79 Å². The summed E-state index contributed by atoms with van der Waals surface area (Å²) in [6, 6.07) is 20.6. The molecule has 2 aromatic rings. The molecule has 1 heterocycles. The van der Waals surface area contributed by atoms with Crippen LogP contribution in [0.3, 0.4) is 0 Å². The molecule has 0 aliphatic carbocycles. The molecule has 2 aromatic carbocycles. The Kier molecular flexibility index (Phi) is 8.08. The van der Waals surface area contributed by atoms with Gasteiger partial charge >= 0.3 is 5.97 Å². The Hall–Kier alpha value is -3.30. The highest BCUT2D eigenvalue weighted by molar-refractivity contribution is 5.93. The maximum atomic E-state index is 12.4. The molecular formula is C25H30N4O2. The summed E-state index contributed by atoms with van der Waals surface area (Å²) < 4.78 is 5.13. The summed E-state index contributed by atoms with van der Waals surface area (Å²) in [6.45, 7) is 8.67. The number of nitrogens with zero attached hydrogens (tertiary/aromatic N) is 3. The Morgan fingerprint density at radius 1 is 1.03 bits per heavy atom. The lowest BCUT2D eigenvalue weighted by Gasteiger charge is -2.37. The molecule has 0 bridgehead atoms. The molecule has 1 aliphatic heterocycles. The van der Waals surface area contributed by atoms with E-state index in [0.29, 0.717) is 12.4 Å². The molecule has 31 heavy (non-hydrogen) atoms. The summed E-state index contributed by atoms with van der Waals surface area (Å²) in [5.74, 6) is -0.0255. The number of hydrogen-bond donors (Lipinski definition) is 1. The summed E-state index contributed by atoms with van der Waals surface area (Å²) in [4.78, 5) is 16.9. The summed E-state index contributed by atoms with van der Waals surface area (Å²) >= 11 is 0. The molecule has 0 saturated carbocycles. The molecule has 6 nitrogen and oxygen atoms in total. The Labute approximate surface area is 184 Å². The Morgan fingerprint density at radius 2 is 1.71 bits per heavy atom. The van der Waals surface area contributed by atoms with E-state index in [4.69, 9.17) is 4.74 Å². The van der Waals surface area contributed by atoms with E-state index in [2.05, 4.69) is 52.4 Å². The molecule has 162 valence electrons. The maximum absolute atomic E-state index is 12.4. The highest BCUT2D eigenvalue weighted by Gasteiger charge is 2.25. The highest BCUT2D eigenvalue weighted by atomic mass is 16.5. The normalized spacial score (nSPS) is 15.1. The van der Waals surface area contributed by atoms with Gasteiger partial charge in [-0.2, -0.15) is 5.26 Å². The van der Waals surface area contributed by atoms with Crippen LogP contribution in [0.1, 0.15) is 23.6 Å². The fourth-order valence-corrected chi connectivity index (χ4v) is 3.62. The topological polar surface area (TPSA) is 68.6 Å². The molecule has 0 unspecified atom stereocenters. The Bertz CT molecular complexity index is 924. The summed E-state index contributed by atoms with van der Waals surface area (Å²) in [5, 5.41) is 13.0. The van der Waals surface area contributed by atoms with Crippen LogP contribution in [-0.4, -0.2) is 48.6 Å². The van der Waals surface area contributed by atoms with Crippen LogP contribution >= 0.6 is 0 Å². The van der Waals surface area contributed by atoms with Crippen molar-refractivity contribution in [1.82, 2.24) is 15.1 Å². The van der Waals surface area contributed by atoms with Crippen molar-refractivity contribution in [3.63, 3.8) is 0 Å². The van der Waals surface area contributed by atoms with Crippen molar-refractivity contribution in [2.24, 2.45) is 0 Å². The third-order valence-corrected chi connectivity index (χ3v) is 5.35. The minimum Gasteiger partial charge on any atom is -0.462 e. The van der Waals surface area contributed by atoms with Crippen molar-refractivity contribution < 1.29 is 9.53 Å². The van der Waals surface area contributed by atoms with Gasteiger partial charge in [-0.1, -0.05) is 60.2 Å². The lowest BCUT2D eigenvalue weighted by Crippen LogP contribution is -2.48. The average molecular weight is 419 g/mol. The first-order chi connectivity index (χ1) is 15.1. The van der Waals surface area contributed by atoms with Crippen LogP contribution in [0, 0.1) is 18.3 Å². The fourth-order valence-electron chi connectivity index (χ4n) is 3.62. The monoisotopic (exact) mass is 418 g/mol. The van der Waals surface area contributed by atoms with E-state index in [1.807, 2.05) is 30.3 Å². The van der Waals surface area contributed by atoms with E-state index in [9.17, 15) is 10.1 Å². The molecule has 1 fully saturated rings. The lowest BCUT2D eigenvalue weighted by molar-refractivity contribution is -0.138. The second-order valence-electron chi connectivity index (χ2n) is 7.64. The molecule has 0 aromatic heterocycles. The quantitative estimate of drug-likeness (QED) is 0.403. The third-order valence-electron chi connectivity index (χ3n) is 5.35. The van der Waals surface area contributed by atoms with Gasteiger partial charge in [-0.05, 0) is 25.0 Å². The number of hydrogen-bond acceptors (Lipinski definition) is 6. The first kappa shape index (κ1) is 22.4. The number of rotatable bonds is 8. The van der Waals surface area contributed by atoms with Crippen LogP contribution in [0.15, 0.2) is 66.0 Å². The smallest absolute Gasteiger partial charge is 0.352 e. The Morgan fingerprint density at radius 3 is 2.32 bits per heavy atom. The van der Waals surface area contributed by atoms with E-state index in [-0.39, 0.29) is 12.2 Å². The van der Waals surface area contributed by atoms with Crippen molar-refractivity contribution in [1.29, 1.82) is 5.26 Å². The van der Waals surface area contributed by atoms with Crippen LogP contribution in [0.5, 0.6) is 0 Å². The molecule has 1 N–H and O–H groups in total. The molecule has 6 heteroatoms. The fraction of sp³-hybridized carbons (Fsp3) is 0.360. The summed E-state index contributed by atoms with van der Waals surface area (Å²) in [6.07, 6.45) is 0. The number of esters is 1. The van der Waals surface area contributed by atoms with Crippen molar-refractivity contribution >= 4 is 5.97 Å².